The first-order valence-corrected chi connectivity index (χ1v) is 8.47. The fourth-order valence-electron chi connectivity index (χ4n) is 2.28. The molecular weight excluding hydrogens is 376 g/mol. The predicted octanol–water partition coefficient (Wildman–Crippen LogP) is 1.93. The molecule has 0 heterocycles. The second-order valence-electron chi connectivity index (χ2n) is 4.88. The number of primary sulfonamides is 1. The van der Waals surface area contributed by atoms with Gasteiger partial charge in [0.2, 0.25) is 10.0 Å². The van der Waals surface area contributed by atoms with Gasteiger partial charge in [-0.1, -0.05) is 23.7 Å². The van der Waals surface area contributed by atoms with Crippen LogP contribution in [-0.2, 0) is 16.6 Å². The van der Waals surface area contributed by atoms with Gasteiger partial charge in [-0.3, -0.25) is 20.2 Å². The van der Waals surface area contributed by atoms with E-state index < -0.39 is 41.7 Å². The van der Waals surface area contributed by atoms with Crippen molar-refractivity contribution in [1.29, 1.82) is 0 Å². The molecule has 132 valence electrons. The fourth-order valence-corrected chi connectivity index (χ4v) is 3.24. The van der Waals surface area contributed by atoms with Crippen LogP contribution < -0.4 is 10.9 Å². The van der Waals surface area contributed by atoms with Gasteiger partial charge in [-0.15, -0.1) is 0 Å². The maximum Gasteiger partial charge on any atom is 0.304 e. The second kappa shape index (κ2) is 6.72. The largest absolute Gasteiger partial charge is 0.326 e. The first-order valence-electron chi connectivity index (χ1n) is 6.55. The minimum atomic E-state index is -4.49. The van der Waals surface area contributed by atoms with Crippen LogP contribution in [0, 0.1) is 20.2 Å². The van der Waals surface area contributed by atoms with Crippen molar-refractivity contribution in [1.82, 2.24) is 0 Å². The molecule has 0 aliphatic heterocycles. The van der Waals surface area contributed by atoms with E-state index in [1.165, 1.54) is 18.2 Å². The van der Waals surface area contributed by atoms with E-state index in [-0.39, 0.29) is 17.1 Å². The van der Waals surface area contributed by atoms with Gasteiger partial charge >= 0.3 is 5.69 Å². The van der Waals surface area contributed by atoms with E-state index in [0.717, 1.165) is 12.1 Å². The van der Waals surface area contributed by atoms with Crippen LogP contribution in [0.3, 0.4) is 0 Å². The van der Waals surface area contributed by atoms with Gasteiger partial charge < -0.3 is 5.73 Å². The molecule has 4 N–H and O–H groups in total. The average molecular weight is 387 g/mol. The Balaban J connectivity index is 2.97. The Morgan fingerprint density at radius 2 is 1.72 bits per heavy atom. The molecular formula is C13H11ClN4O6S. The molecule has 0 fully saturated rings. The summed E-state index contributed by atoms with van der Waals surface area (Å²) in [7, 11) is -4.49. The van der Waals surface area contributed by atoms with E-state index in [2.05, 4.69) is 0 Å². The highest BCUT2D eigenvalue weighted by Crippen LogP contribution is 2.42. The maximum atomic E-state index is 11.7. The van der Waals surface area contributed by atoms with Gasteiger partial charge in [0.1, 0.15) is 5.56 Å². The van der Waals surface area contributed by atoms with Crippen molar-refractivity contribution < 1.29 is 18.3 Å². The number of nitrogens with two attached hydrogens (primary N) is 2. The average Bonchev–Trinajstić information content (AvgIpc) is 2.52. The molecule has 0 unspecified atom stereocenters. The molecule has 0 radical (unpaired) electrons. The van der Waals surface area contributed by atoms with Crippen LogP contribution in [0.4, 0.5) is 11.4 Å². The monoisotopic (exact) mass is 386 g/mol. The molecule has 0 atom stereocenters. The van der Waals surface area contributed by atoms with E-state index in [1.54, 1.807) is 0 Å². The SMILES string of the molecule is NCc1ccc(-c2c([N+](=O)[O-])ccc(S(N)(=O)=O)c2[N+](=O)[O-])cc1Cl. The Labute approximate surface area is 146 Å². The number of halogens is 1. The van der Waals surface area contributed by atoms with Crippen molar-refractivity contribution in [3.63, 3.8) is 0 Å². The van der Waals surface area contributed by atoms with Gasteiger partial charge in [-0.25, -0.2) is 13.6 Å². The molecule has 0 saturated carbocycles. The van der Waals surface area contributed by atoms with Crippen LogP contribution in [0.5, 0.6) is 0 Å². The van der Waals surface area contributed by atoms with Gasteiger partial charge in [0.05, 0.1) is 9.85 Å². The van der Waals surface area contributed by atoms with Gasteiger partial charge in [-0.05, 0) is 23.3 Å². The molecule has 2 aromatic carbocycles. The van der Waals surface area contributed by atoms with E-state index in [9.17, 15) is 28.6 Å². The molecule has 0 spiro atoms. The standard InChI is InChI=1S/C13H11ClN4O6S/c14-9-5-7(1-2-8(9)6-15)12-10(17(19)20)3-4-11(25(16,23)24)13(12)18(21)22/h1-5H,6,15H2,(H2,16,23,24). The van der Waals surface area contributed by atoms with Crippen molar-refractivity contribution in [2.75, 3.05) is 0 Å². The normalized spacial score (nSPS) is 11.3. The van der Waals surface area contributed by atoms with Gasteiger partial charge in [0.15, 0.2) is 4.90 Å². The van der Waals surface area contributed by atoms with Crippen LogP contribution >= 0.6 is 11.6 Å². The summed E-state index contributed by atoms with van der Waals surface area (Å²) in [4.78, 5) is 20.0. The Morgan fingerprint density at radius 1 is 1.08 bits per heavy atom. The second-order valence-corrected chi connectivity index (χ2v) is 6.81. The van der Waals surface area contributed by atoms with E-state index >= 15 is 0 Å². The Bertz CT molecular complexity index is 992. The third-order valence-electron chi connectivity index (χ3n) is 3.37. The summed E-state index contributed by atoms with van der Waals surface area (Å²) < 4.78 is 23.3. The lowest BCUT2D eigenvalue weighted by molar-refractivity contribution is -0.394. The number of hydrogen-bond acceptors (Lipinski definition) is 7. The lowest BCUT2D eigenvalue weighted by Crippen LogP contribution is -2.15. The zero-order valence-corrected chi connectivity index (χ0v) is 14.0. The lowest BCUT2D eigenvalue weighted by Gasteiger charge is -2.09. The van der Waals surface area contributed by atoms with E-state index in [0.29, 0.717) is 5.56 Å². The molecule has 10 nitrogen and oxygen atoms in total. The third-order valence-corrected chi connectivity index (χ3v) is 4.66. The van der Waals surface area contributed by atoms with Crippen molar-refractivity contribution in [3.8, 4) is 11.1 Å². The van der Waals surface area contributed by atoms with Crippen LogP contribution in [0.25, 0.3) is 11.1 Å². The van der Waals surface area contributed by atoms with E-state index in [4.69, 9.17) is 22.5 Å². The molecule has 0 saturated heterocycles. The Kier molecular flexibility index (Phi) is 5.04. The quantitative estimate of drug-likeness (QED) is 0.583. The van der Waals surface area contributed by atoms with E-state index in [1.807, 2.05) is 0 Å². The molecule has 0 aliphatic rings. The van der Waals surface area contributed by atoms with Gasteiger partial charge in [0.25, 0.3) is 5.69 Å². The van der Waals surface area contributed by atoms with Crippen molar-refractivity contribution in [2.45, 2.75) is 11.4 Å². The number of hydrogen-bond donors (Lipinski definition) is 2. The molecule has 2 aromatic rings. The summed E-state index contributed by atoms with van der Waals surface area (Å²) in [5.41, 5.74) is 3.83. The van der Waals surface area contributed by atoms with Gasteiger partial charge in [-0.2, -0.15) is 0 Å². The summed E-state index contributed by atoms with van der Waals surface area (Å²) in [6, 6.07) is 5.58. The minimum Gasteiger partial charge on any atom is -0.326 e. The molecule has 0 bridgehead atoms. The van der Waals surface area contributed by atoms with Crippen LogP contribution in [0.15, 0.2) is 35.2 Å². The van der Waals surface area contributed by atoms with Crippen LogP contribution in [0.2, 0.25) is 5.02 Å². The van der Waals surface area contributed by atoms with Gasteiger partial charge in [0, 0.05) is 17.6 Å². The molecule has 0 aliphatic carbocycles. The summed E-state index contributed by atoms with van der Waals surface area (Å²) >= 11 is 6.01. The van der Waals surface area contributed by atoms with Crippen LogP contribution in [0.1, 0.15) is 5.56 Å². The molecule has 25 heavy (non-hydrogen) atoms. The highest BCUT2D eigenvalue weighted by Gasteiger charge is 2.34. The summed E-state index contributed by atoms with van der Waals surface area (Å²) in [5, 5.41) is 27.9. The summed E-state index contributed by atoms with van der Waals surface area (Å²) in [6.45, 7) is 0.0838. The third kappa shape index (κ3) is 3.58. The fraction of sp³-hybridized carbons (Fsp3) is 0.0769. The first-order chi connectivity index (χ1) is 11.6. The summed E-state index contributed by atoms with van der Waals surface area (Å²) in [5.74, 6) is 0. The minimum absolute atomic E-state index is 0.00824. The van der Waals surface area contributed by atoms with Crippen molar-refractivity contribution in [3.05, 3.63) is 61.1 Å². The molecule has 0 amide bonds. The Hall–Kier alpha value is -2.60. The zero-order chi connectivity index (χ0) is 18.9. The maximum absolute atomic E-state index is 11.7. The summed E-state index contributed by atoms with van der Waals surface area (Å²) in [6.07, 6.45) is 0. The smallest absolute Gasteiger partial charge is 0.304 e. The molecule has 2 rings (SSSR count). The topological polar surface area (TPSA) is 172 Å². The highest BCUT2D eigenvalue weighted by molar-refractivity contribution is 7.89. The van der Waals surface area contributed by atoms with Crippen molar-refractivity contribution in [2.24, 2.45) is 10.9 Å². The number of nitro groups is 2. The number of nitro benzene ring substituents is 2. The predicted molar refractivity (Wildman–Crippen MR) is 89.5 cm³/mol. The van der Waals surface area contributed by atoms with Crippen LogP contribution in [-0.4, -0.2) is 18.3 Å². The molecule has 12 heteroatoms. The number of nitrogens with zero attached hydrogens (tertiary/aromatic N) is 2. The number of sulfonamides is 1. The lowest BCUT2D eigenvalue weighted by atomic mass is 10.00. The first kappa shape index (κ1) is 18.7. The zero-order valence-electron chi connectivity index (χ0n) is 12.4. The molecule has 0 aromatic heterocycles. The highest BCUT2D eigenvalue weighted by atomic mass is 35.5. The Morgan fingerprint density at radius 3 is 2.16 bits per heavy atom. The van der Waals surface area contributed by atoms with Crippen molar-refractivity contribution >= 4 is 33.0 Å². The number of rotatable bonds is 5. The number of benzene rings is 2.